The zero-order valence-electron chi connectivity index (χ0n) is 11.7. The van der Waals surface area contributed by atoms with E-state index in [-0.39, 0.29) is 19.0 Å². The average molecular weight is 366 g/mol. The van der Waals surface area contributed by atoms with Crippen molar-refractivity contribution in [2.24, 2.45) is 5.73 Å². The van der Waals surface area contributed by atoms with Crippen LogP contribution in [0.4, 0.5) is 0 Å². The van der Waals surface area contributed by atoms with Gasteiger partial charge in [0.05, 0.1) is 0 Å². The van der Waals surface area contributed by atoms with E-state index >= 15 is 0 Å². The molecule has 114 valence electrons. The van der Waals surface area contributed by atoms with Crippen molar-refractivity contribution in [2.75, 3.05) is 13.2 Å². The van der Waals surface area contributed by atoms with Gasteiger partial charge in [0, 0.05) is 16.6 Å². The molecule has 1 aromatic carbocycles. The second-order valence-corrected chi connectivity index (χ2v) is 5.31. The maximum Gasteiger partial charge on any atom is 0.255 e. The number of primary amides is 1. The molecule has 0 aromatic heterocycles. The molecule has 1 amide bonds. The lowest BCUT2D eigenvalue weighted by Crippen LogP contribution is -2.21. The number of hydrogen-bond donors (Lipinski definition) is 2. The summed E-state index contributed by atoms with van der Waals surface area (Å²) in [6.45, 7) is 3.79. The first-order valence-corrected chi connectivity index (χ1v) is 7.33. The summed E-state index contributed by atoms with van der Waals surface area (Å²) in [6, 6.07) is 5.72. The number of nitrogens with two attached hydrogens (primary N) is 1. The van der Waals surface area contributed by atoms with Crippen molar-refractivity contribution in [2.45, 2.75) is 32.7 Å². The number of carbonyl (C=O) groups excluding carboxylic acids is 1. The second kappa shape index (κ2) is 10.9. The summed E-state index contributed by atoms with van der Waals surface area (Å²) in [7, 11) is 0. The number of rotatable bonds is 9. The van der Waals surface area contributed by atoms with Crippen molar-refractivity contribution in [1.82, 2.24) is 5.32 Å². The number of nitrogens with one attached hydrogen (secondary N) is 1. The predicted octanol–water partition coefficient (Wildman–Crippen LogP) is 3.01. The topological polar surface area (TPSA) is 64.3 Å². The van der Waals surface area contributed by atoms with Crippen LogP contribution in [0.25, 0.3) is 0 Å². The minimum atomic E-state index is -0.468. The van der Waals surface area contributed by atoms with Crippen LogP contribution in [0.1, 0.15) is 31.7 Å². The number of carbonyl (C=O) groups is 1. The smallest absolute Gasteiger partial charge is 0.255 e. The van der Waals surface area contributed by atoms with Crippen molar-refractivity contribution in [3.8, 4) is 5.75 Å². The first-order chi connectivity index (χ1) is 9.13. The fraction of sp³-hybridized carbons (Fsp3) is 0.500. The largest absolute Gasteiger partial charge is 0.483 e. The summed E-state index contributed by atoms with van der Waals surface area (Å²) >= 11 is 3.44. The standard InChI is InChI=1S/C14H21BrN2O2.ClH/c1-2-3-4-7-17-9-11-8-12(15)5-6-13(11)19-10-14(16)18;/h5-6,8,17H,2-4,7,9-10H2,1H3,(H2,16,18);1H. The van der Waals surface area contributed by atoms with E-state index in [1.807, 2.05) is 18.2 Å². The zero-order chi connectivity index (χ0) is 14.1. The summed E-state index contributed by atoms with van der Waals surface area (Å²) in [6.07, 6.45) is 3.62. The number of hydrogen-bond acceptors (Lipinski definition) is 3. The summed E-state index contributed by atoms with van der Waals surface area (Å²) in [5.41, 5.74) is 6.11. The fourth-order valence-electron chi connectivity index (χ4n) is 1.70. The number of amides is 1. The quantitative estimate of drug-likeness (QED) is 0.661. The molecule has 0 aliphatic carbocycles. The third kappa shape index (κ3) is 7.72. The van der Waals surface area contributed by atoms with Gasteiger partial charge in [0.25, 0.3) is 5.91 Å². The molecule has 0 aliphatic rings. The highest BCUT2D eigenvalue weighted by Gasteiger charge is 2.06. The van der Waals surface area contributed by atoms with Crippen LogP contribution in [0.15, 0.2) is 22.7 Å². The molecule has 0 heterocycles. The van der Waals surface area contributed by atoms with Crippen molar-refractivity contribution >= 4 is 34.2 Å². The lowest BCUT2D eigenvalue weighted by molar-refractivity contribution is -0.119. The van der Waals surface area contributed by atoms with Crippen LogP contribution >= 0.6 is 28.3 Å². The Balaban J connectivity index is 0.00000361. The fourth-order valence-corrected chi connectivity index (χ4v) is 2.11. The number of benzene rings is 1. The monoisotopic (exact) mass is 364 g/mol. The Morgan fingerprint density at radius 3 is 2.80 bits per heavy atom. The summed E-state index contributed by atoms with van der Waals surface area (Å²) < 4.78 is 6.39. The predicted molar refractivity (Wildman–Crippen MR) is 87.3 cm³/mol. The summed E-state index contributed by atoms with van der Waals surface area (Å²) in [5.74, 6) is 0.231. The average Bonchev–Trinajstić information content (AvgIpc) is 2.37. The van der Waals surface area contributed by atoms with Gasteiger partial charge in [-0.15, -0.1) is 12.4 Å². The molecule has 1 aromatic rings. The van der Waals surface area contributed by atoms with Gasteiger partial charge in [-0.05, 0) is 31.2 Å². The first kappa shape index (κ1) is 19.2. The van der Waals surface area contributed by atoms with Gasteiger partial charge < -0.3 is 15.8 Å². The molecule has 0 unspecified atom stereocenters. The highest BCUT2D eigenvalue weighted by Crippen LogP contribution is 2.23. The van der Waals surface area contributed by atoms with Crippen LogP contribution in [0.2, 0.25) is 0 Å². The molecular formula is C14H22BrClN2O2. The normalized spacial score (nSPS) is 9.90. The minimum absolute atomic E-state index is 0. The molecule has 6 heteroatoms. The Bertz CT molecular complexity index is 416. The zero-order valence-corrected chi connectivity index (χ0v) is 14.1. The van der Waals surface area contributed by atoms with E-state index in [2.05, 4.69) is 28.2 Å². The molecule has 0 atom stereocenters. The van der Waals surface area contributed by atoms with Crippen molar-refractivity contribution in [1.29, 1.82) is 0 Å². The van der Waals surface area contributed by atoms with Crippen LogP contribution < -0.4 is 15.8 Å². The Morgan fingerprint density at radius 1 is 1.40 bits per heavy atom. The van der Waals surface area contributed by atoms with E-state index in [1.165, 1.54) is 19.3 Å². The van der Waals surface area contributed by atoms with Crippen LogP contribution in [-0.2, 0) is 11.3 Å². The lowest BCUT2D eigenvalue weighted by atomic mass is 10.2. The van der Waals surface area contributed by atoms with Crippen LogP contribution in [0.5, 0.6) is 5.75 Å². The van der Waals surface area contributed by atoms with Crippen molar-refractivity contribution in [3.63, 3.8) is 0 Å². The van der Waals surface area contributed by atoms with Gasteiger partial charge in [0.1, 0.15) is 5.75 Å². The molecule has 0 radical (unpaired) electrons. The maximum absolute atomic E-state index is 10.8. The summed E-state index contributed by atoms with van der Waals surface area (Å²) in [5, 5.41) is 3.37. The Kier molecular flexibility index (Phi) is 10.5. The molecule has 4 nitrogen and oxygen atoms in total. The first-order valence-electron chi connectivity index (χ1n) is 6.53. The van der Waals surface area contributed by atoms with E-state index in [1.54, 1.807) is 0 Å². The Morgan fingerprint density at radius 2 is 2.15 bits per heavy atom. The Hall–Kier alpha value is -0.780. The molecule has 0 bridgehead atoms. The third-order valence-corrected chi connectivity index (χ3v) is 3.16. The van der Waals surface area contributed by atoms with Gasteiger partial charge in [-0.2, -0.15) is 0 Å². The van der Waals surface area contributed by atoms with Gasteiger partial charge in [0.15, 0.2) is 6.61 Å². The summed E-state index contributed by atoms with van der Waals surface area (Å²) in [4.78, 5) is 10.8. The van der Waals surface area contributed by atoms with Crippen LogP contribution in [0.3, 0.4) is 0 Å². The van der Waals surface area contributed by atoms with E-state index in [0.29, 0.717) is 5.75 Å². The van der Waals surface area contributed by atoms with Crippen molar-refractivity contribution in [3.05, 3.63) is 28.2 Å². The van der Waals surface area contributed by atoms with Crippen LogP contribution in [0, 0.1) is 0 Å². The molecule has 0 fully saturated rings. The SMILES string of the molecule is CCCCCNCc1cc(Br)ccc1OCC(N)=O.Cl. The van der Waals surface area contributed by atoms with Crippen LogP contribution in [-0.4, -0.2) is 19.1 Å². The number of halogens is 2. The number of ether oxygens (including phenoxy) is 1. The molecule has 0 spiro atoms. The van der Waals surface area contributed by atoms with Crippen molar-refractivity contribution < 1.29 is 9.53 Å². The third-order valence-electron chi connectivity index (χ3n) is 2.67. The minimum Gasteiger partial charge on any atom is -0.483 e. The van der Waals surface area contributed by atoms with E-state index < -0.39 is 5.91 Å². The van der Waals surface area contributed by atoms with E-state index in [0.717, 1.165) is 23.1 Å². The van der Waals surface area contributed by atoms with Gasteiger partial charge in [-0.3, -0.25) is 4.79 Å². The van der Waals surface area contributed by atoms with Gasteiger partial charge in [-0.25, -0.2) is 0 Å². The molecule has 3 N–H and O–H groups in total. The van der Waals surface area contributed by atoms with Gasteiger partial charge >= 0.3 is 0 Å². The van der Waals surface area contributed by atoms with E-state index in [9.17, 15) is 4.79 Å². The molecule has 0 aliphatic heterocycles. The second-order valence-electron chi connectivity index (χ2n) is 4.39. The Labute approximate surface area is 135 Å². The van der Waals surface area contributed by atoms with E-state index in [4.69, 9.17) is 10.5 Å². The molecule has 1 rings (SSSR count). The highest BCUT2D eigenvalue weighted by atomic mass is 79.9. The van der Waals surface area contributed by atoms with Gasteiger partial charge in [0.2, 0.25) is 0 Å². The number of unbranched alkanes of at least 4 members (excludes halogenated alkanes) is 2. The molecule has 0 saturated carbocycles. The molecule has 20 heavy (non-hydrogen) atoms. The molecular weight excluding hydrogens is 344 g/mol. The van der Waals surface area contributed by atoms with Gasteiger partial charge in [-0.1, -0.05) is 35.7 Å². The maximum atomic E-state index is 10.8. The molecule has 0 saturated heterocycles. The highest BCUT2D eigenvalue weighted by molar-refractivity contribution is 9.10. The lowest BCUT2D eigenvalue weighted by Gasteiger charge is -2.11.